The first-order valence-corrected chi connectivity index (χ1v) is 11.2. The van der Waals surface area contributed by atoms with Gasteiger partial charge in [0.15, 0.2) is 0 Å². The summed E-state index contributed by atoms with van der Waals surface area (Å²) in [6, 6.07) is 25.3. The number of thioether (sulfide) groups is 1. The van der Waals surface area contributed by atoms with Crippen molar-refractivity contribution in [3.05, 3.63) is 95.0 Å². The molecule has 5 rings (SSSR count). The highest BCUT2D eigenvalue weighted by atomic mass is 35.5. The number of hydrogen-bond acceptors (Lipinski definition) is 7. The van der Waals surface area contributed by atoms with Crippen molar-refractivity contribution in [2.45, 2.75) is 11.9 Å². The maximum absolute atomic E-state index is 12.6. The number of rotatable bonds is 3. The molecule has 0 radical (unpaired) electrons. The Morgan fingerprint density at radius 1 is 0.938 bits per heavy atom. The summed E-state index contributed by atoms with van der Waals surface area (Å²) in [7, 11) is 1.35. The van der Waals surface area contributed by atoms with Crippen molar-refractivity contribution in [3.8, 4) is 0 Å². The first-order chi connectivity index (χ1) is 15.6. The van der Waals surface area contributed by atoms with Crippen LogP contribution in [0.15, 0.2) is 89.1 Å². The largest absolute Gasteiger partial charge is 0.464 e. The minimum Gasteiger partial charge on any atom is -0.464 e. The lowest BCUT2D eigenvalue weighted by atomic mass is 9.98. The molecule has 0 N–H and O–H groups in total. The van der Waals surface area contributed by atoms with Crippen LogP contribution in [-0.2, 0) is 14.5 Å². The highest BCUT2D eigenvalue weighted by Crippen LogP contribution is 2.55. The number of hydrogen-bond donors (Lipinski definition) is 0. The van der Waals surface area contributed by atoms with Crippen LogP contribution in [0.4, 0.5) is 11.4 Å². The van der Waals surface area contributed by atoms with Crippen LogP contribution in [0.2, 0.25) is 5.02 Å². The van der Waals surface area contributed by atoms with Gasteiger partial charge >= 0.3 is 5.97 Å². The standard InChI is InChI=1S/C24H19ClN4O2S/c1-16-18-12-6-7-13-19(18)24(28(26-16)17-10-4-3-5-11-17)29(21-15-9-8-14-20(21)25)27-22(32-24)23(30)31-2/h3-15H,1-2H3/t24-/m1/s1. The Kier molecular flexibility index (Phi) is 5.15. The predicted molar refractivity (Wildman–Crippen MR) is 130 cm³/mol. The summed E-state index contributed by atoms with van der Waals surface area (Å²) in [4.78, 5) is 11.6. The molecule has 0 saturated heterocycles. The quantitative estimate of drug-likeness (QED) is 0.485. The van der Waals surface area contributed by atoms with Gasteiger partial charge in [0.05, 0.1) is 29.2 Å². The topological polar surface area (TPSA) is 57.5 Å². The van der Waals surface area contributed by atoms with Crippen molar-refractivity contribution in [1.29, 1.82) is 0 Å². The van der Waals surface area contributed by atoms with E-state index in [0.29, 0.717) is 10.7 Å². The maximum atomic E-state index is 12.6. The SMILES string of the molecule is COC(=O)C1=NN(c2ccccc2Cl)[C@@]2(S1)c1ccccc1C(C)=NN2c1ccccc1. The lowest BCUT2D eigenvalue weighted by Crippen LogP contribution is -2.53. The van der Waals surface area contributed by atoms with Crippen molar-refractivity contribution in [2.24, 2.45) is 10.2 Å². The molecule has 2 heterocycles. The van der Waals surface area contributed by atoms with E-state index in [-0.39, 0.29) is 5.04 Å². The molecule has 0 bridgehead atoms. The second-order valence-corrected chi connectivity index (χ2v) is 8.82. The number of anilines is 2. The lowest BCUT2D eigenvalue weighted by molar-refractivity contribution is -0.132. The van der Waals surface area contributed by atoms with Gasteiger partial charge in [-0.2, -0.15) is 10.2 Å². The maximum Gasteiger partial charge on any atom is 0.365 e. The fourth-order valence-corrected chi connectivity index (χ4v) is 5.46. The van der Waals surface area contributed by atoms with Gasteiger partial charge in [0.2, 0.25) is 10.0 Å². The summed E-state index contributed by atoms with van der Waals surface area (Å²) in [6.45, 7) is 1.98. The Bertz CT molecular complexity index is 1260. The Morgan fingerprint density at radius 3 is 2.38 bits per heavy atom. The normalized spacial score (nSPS) is 19.5. The van der Waals surface area contributed by atoms with Crippen molar-refractivity contribution in [1.82, 2.24) is 0 Å². The summed E-state index contributed by atoms with van der Waals surface area (Å²) in [5.74, 6) is -0.513. The number of fused-ring (bicyclic) bond motifs is 2. The van der Waals surface area contributed by atoms with Crippen LogP contribution in [0.1, 0.15) is 18.1 Å². The van der Waals surface area contributed by atoms with Crippen LogP contribution >= 0.6 is 23.4 Å². The van der Waals surface area contributed by atoms with Gasteiger partial charge in [-0.3, -0.25) is 0 Å². The second kappa shape index (κ2) is 8.00. The fraction of sp³-hybridized carbons (Fsp3) is 0.125. The zero-order valence-electron chi connectivity index (χ0n) is 17.4. The average molecular weight is 463 g/mol. The minimum absolute atomic E-state index is 0.220. The molecular weight excluding hydrogens is 444 g/mol. The van der Waals surface area contributed by atoms with Gasteiger partial charge in [0.1, 0.15) is 0 Å². The summed E-state index contributed by atoms with van der Waals surface area (Å²) in [6.07, 6.45) is 0. The third kappa shape index (κ3) is 3.08. The fourth-order valence-electron chi connectivity index (χ4n) is 3.94. The van der Waals surface area contributed by atoms with E-state index >= 15 is 0 Å². The number of hydrazone groups is 2. The van der Waals surface area contributed by atoms with Crippen molar-refractivity contribution >= 4 is 51.5 Å². The summed E-state index contributed by atoms with van der Waals surface area (Å²) >= 11 is 7.91. The molecule has 2 aliphatic heterocycles. The zero-order valence-corrected chi connectivity index (χ0v) is 19.0. The van der Waals surface area contributed by atoms with Crippen LogP contribution in [-0.4, -0.2) is 23.8 Å². The van der Waals surface area contributed by atoms with E-state index in [2.05, 4.69) is 0 Å². The van der Waals surface area contributed by atoms with Crippen LogP contribution < -0.4 is 10.0 Å². The molecule has 32 heavy (non-hydrogen) atoms. The number of carbonyl (C=O) groups excluding carboxylic acids is 1. The number of benzene rings is 3. The molecule has 160 valence electrons. The van der Waals surface area contributed by atoms with Gasteiger partial charge in [-0.25, -0.2) is 14.8 Å². The van der Waals surface area contributed by atoms with E-state index in [1.807, 2.05) is 84.7 Å². The van der Waals surface area contributed by atoms with Crippen LogP contribution in [0.3, 0.4) is 0 Å². The molecular formula is C24H19ClN4O2S. The molecule has 0 amide bonds. The Balaban J connectivity index is 1.83. The highest BCUT2D eigenvalue weighted by Gasteiger charge is 2.56. The molecule has 1 spiro atoms. The van der Waals surface area contributed by atoms with E-state index in [1.54, 1.807) is 11.1 Å². The Hall–Kier alpha value is -3.29. The van der Waals surface area contributed by atoms with Gasteiger partial charge in [0, 0.05) is 11.1 Å². The molecule has 2 aliphatic rings. The smallest absolute Gasteiger partial charge is 0.365 e. The molecule has 0 aromatic heterocycles. The first kappa shape index (κ1) is 20.6. The molecule has 0 saturated carbocycles. The Morgan fingerprint density at radius 2 is 1.62 bits per heavy atom. The van der Waals surface area contributed by atoms with Crippen LogP contribution in [0.25, 0.3) is 0 Å². The van der Waals surface area contributed by atoms with E-state index in [4.69, 9.17) is 26.5 Å². The summed E-state index contributed by atoms with van der Waals surface area (Å²) in [5, 5.41) is 14.1. The zero-order chi connectivity index (χ0) is 22.3. The van der Waals surface area contributed by atoms with E-state index in [0.717, 1.165) is 22.5 Å². The monoisotopic (exact) mass is 462 g/mol. The number of methoxy groups -OCH3 is 1. The molecule has 0 unspecified atom stereocenters. The van der Waals surface area contributed by atoms with Gasteiger partial charge in [-0.1, -0.05) is 66.2 Å². The molecule has 6 nitrogen and oxygen atoms in total. The van der Waals surface area contributed by atoms with Crippen LogP contribution in [0.5, 0.6) is 0 Å². The second-order valence-electron chi connectivity index (χ2n) is 7.25. The average Bonchev–Trinajstić information content (AvgIpc) is 3.23. The van der Waals surface area contributed by atoms with Crippen LogP contribution in [0, 0.1) is 0 Å². The third-order valence-electron chi connectivity index (χ3n) is 5.36. The molecule has 8 heteroatoms. The first-order valence-electron chi connectivity index (χ1n) is 9.97. The lowest BCUT2D eigenvalue weighted by Gasteiger charge is -2.46. The van der Waals surface area contributed by atoms with Gasteiger partial charge in [-0.05, 0) is 43.0 Å². The van der Waals surface area contributed by atoms with Gasteiger partial charge in [0.25, 0.3) is 0 Å². The number of ether oxygens (including phenoxy) is 1. The Labute approximate surface area is 195 Å². The van der Waals surface area contributed by atoms with Gasteiger partial charge in [-0.15, -0.1) is 0 Å². The molecule has 0 aliphatic carbocycles. The van der Waals surface area contributed by atoms with Crippen molar-refractivity contribution in [3.63, 3.8) is 0 Å². The number of halogens is 1. The number of nitrogens with zero attached hydrogens (tertiary/aromatic N) is 4. The minimum atomic E-state index is -1.02. The molecule has 1 atom stereocenters. The van der Waals surface area contributed by atoms with E-state index in [1.165, 1.54) is 18.9 Å². The number of carbonyl (C=O) groups is 1. The molecule has 3 aromatic rings. The van der Waals surface area contributed by atoms with Crippen molar-refractivity contribution in [2.75, 3.05) is 17.1 Å². The molecule has 3 aromatic carbocycles. The predicted octanol–water partition coefficient (Wildman–Crippen LogP) is 5.43. The summed E-state index contributed by atoms with van der Waals surface area (Å²) < 4.78 is 5.03. The number of para-hydroxylation sites is 2. The highest BCUT2D eigenvalue weighted by molar-refractivity contribution is 8.16. The molecule has 0 fully saturated rings. The van der Waals surface area contributed by atoms with E-state index in [9.17, 15) is 4.79 Å². The van der Waals surface area contributed by atoms with E-state index < -0.39 is 11.0 Å². The number of esters is 1. The van der Waals surface area contributed by atoms with Crippen molar-refractivity contribution < 1.29 is 9.53 Å². The third-order valence-corrected chi connectivity index (χ3v) is 6.97. The van der Waals surface area contributed by atoms with Gasteiger partial charge < -0.3 is 4.74 Å². The summed E-state index contributed by atoms with van der Waals surface area (Å²) in [5.41, 5.74) is 4.30.